The Morgan fingerprint density at radius 3 is 2.73 bits per heavy atom. The number of rotatable bonds is 4. The van der Waals surface area contributed by atoms with E-state index in [0.717, 1.165) is 44.0 Å². The monoisotopic (exact) mass is 324 g/mol. The normalized spacial score (nSPS) is 25.6. The van der Waals surface area contributed by atoms with Crippen molar-refractivity contribution in [2.45, 2.75) is 57.7 Å². The van der Waals surface area contributed by atoms with Crippen LogP contribution in [0.4, 0.5) is 0 Å². The average Bonchev–Trinajstić information content (AvgIpc) is 3.29. The van der Waals surface area contributed by atoms with Gasteiger partial charge in [0, 0.05) is 38.5 Å². The van der Waals surface area contributed by atoms with Crippen LogP contribution in [0.25, 0.3) is 0 Å². The molecule has 1 aliphatic carbocycles. The van der Waals surface area contributed by atoms with Crippen LogP contribution in [0.1, 0.15) is 46.0 Å². The highest BCUT2D eigenvalue weighted by Gasteiger charge is 2.47. The topological polar surface area (TPSA) is 47.6 Å². The Labute approximate surface area is 138 Å². The van der Waals surface area contributed by atoms with E-state index >= 15 is 0 Å². The van der Waals surface area contributed by atoms with Crippen LogP contribution in [0.5, 0.6) is 0 Å². The minimum absolute atomic E-state index is 0.133. The Hall–Kier alpha value is -0.880. The van der Waals surface area contributed by atoms with Gasteiger partial charge in [0.15, 0.2) is 5.11 Å². The maximum atomic E-state index is 12.3. The van der Waals surface area contributed by atoms with Crippen LogP contribution >= 0.6 is 12.2 Å². The number of thiocarbonyl (C=S) groups is 1. The standard InChI is InChI=1S/C16H28N4OS/c1-3-12(2)11-20-14(21)10-17-16(20)6-8-19(9-7-16)15(22)18-13-4-5-13/h12-13,17H,3-11H2,1-2H3,(H,18,22)/t12-/m1/s1. The molecule has 3 fully saturated rings. The lowest BCUT2D eigenvalue weighted by Gasteiger charge is -2.46. The van der Waals surface area contributed by atoms with E-state index in [-0.39, 0.29) is 11.6 Å². The molecule has 2 aliphatic heterocycles. The first-order valence-electron chi connectivity index (χ1n) is 8.65. The smallest absolute Gasteiger partial charge is 0.238 e. The van der Waals surface area contributed by atoms with Crippen molar-refractivity contribution < 1.29 is 4.79 Å². The summed E-state index contributed by atoms with van der Waals surface area (Å²) in [5, 5.41) is 7.82. The number of carbonyl (C=O) groups excluding carboxylic acids is 1. The van der Waals surface area contributed by atoms with Gasteiger partial charge >= 0.3 is 0 Å². The number of carbonyl (C=O) groups is 1. The lowest BCUT2D eigenvalue weighted by atomic mass is 9.95. The van der Waals surface area contributed by atoms with Crippen LogP contribution in [-0.2, 0) is 4.79 Å². The second kappa shape index (κ2) is 6.32. The zero-order chi connectivity index (χ0) is 15.7. The van der Waals surface area contributed by atoms with E-state index < -0.39 is 0 Å². The molecule has 0 radical (unpaired) electrons. The molecule has 0 aromatic heterocycles. The molecule has 1 atom stereocenters. The Morgan fingerprint density at radius 2 is 2.14 bits per heavy atom. The quantitative estimate of drug-likeness (QED) is 0.763. The Bertz CT molecular complexity index is 443. The van der Waals surface area contributed by atoms with Crippen LogP contribution < -0.4 is 10.6 Å². The van der Waals surface area contributed by atoms with Gasteiger partial charge in [-0.2, -0.15) is 0 Å². The molecule has 5 nitrogen and oxygen atoms in total. The van der Waals surface area contributed by atoms with Crippen molar-refractivity contribution >= 4 is 23.2 Å². The van der Waals surface area contributed by atoms with Crippen LogP contribution in [-0.4, -0.2) is 58.7 Å². The fourth-order valence-electron chi connectivity index (χ4n) is 3.41. The van der Waals surface area contributed by atoms with Crippen molar-refractivity contribution in [2.24, 2.45) is 5.92 Å². The molecule has 0 bridgehead atoms. The SMILES string of the molecule is CC[C@@H](C)CN1C(=O)CNC12CCN(C(=S)NC1CC1)CC2. The highest BCUT2D eigenvalue weighted by atomic mass is 32.1. The van der Waals surface area contributed by atoms with Crippen molar-refractivity contribution in [1.82, 2.24) is 20.4 Å². The van der Waals surface area contributed by atoms with Gasteiger partial charge in [0.1, 0.15) is 0 Å². The molecule has 22 heavy (non-hydrogen) atoms. The summed E-state index contributed by atoms with van der Waals surface area (Å²) in [6, 6.07) is 0.608. The van der Waals surface area contributed by atoms with Gasteiger partial charge in [0.25, 0.3) is 0 Å². The summed E-state index contributed by atoms with van der Waals surface area (Å²) in [5.74, 6) is 0.809. The maximum absolute atomic E-state index is 12.3. The maximum Gasteiger partial charge on any atom is 0.238 e. The van der Waals surface area contributed by atoms with Gasteiger partial charge in [-0.15, -0.1) is 0 Å². The fraction of sp³-hybridized carbons (Fsp3) is 0.875. The van der Waals surface area contributed by atoms with Crippen LogP contribution in [0.3, 0.4) is 0 Å². The number of nitrogens with one attached hydrogen (secondary N) is 2. The summed E-state index contributed by atoms with van der Waals surface area (Å²) in [6.07, 6.45) is 5.53. The van der Waals surface area contributed by atoms with Gasteiger partial charge < -0.3 is 15.1 Å². The van der Waals surface area contributed by atoms with Gasteiger partial charge in [-0.05, 0) is 31.0 Å². The Balaban J connectivity index is 1.59. The third kappa shape index (κ3) is 3.23. The van der Waals surface area contributed by atoms with E-state index in [1.54, 1.807) is 0 Å². The molecule has 124 valence electrons. The minimum atomic E-state index is -0.133. The Morgan fingerprint density at radius 1 is 1.45 bits per heavy atom. The number of hydrogen-bond acceptors (Lipinski definition) is 3. The van der Waals surface area contributed by atoms with E-state index in [0.29, 0.717) is 18.5 Å². The second-order valence-corrected chi connectivity index (χ2v) is 7.50. The summed E-state index contributed by atoms with van der Waals surface area (Å²) in [4.78, 5) is 16.7. The molecular weight excluding hydrogens is 296 g/mol. The second-order valence-electron chi connectivity index (χ2n) is 7.11. The molecule has 2 saturated heterocycles. The highest BCUT2D eigenvalue weighted by molar-refractivity contribution is 7.80. The number of nitrogens with zero attached hydrogens (tertiary/aromatic N) is 2. The van der Waals surface area contributed by atoms with Gasteiger partial charge in [0.2, 0.25) is 5.91 Å². The van der Waals surface area contributed by atoms with Crippen molar-refractivity contribution in [3.63, 3.8) is 0 Å². The van der Waals surface area contributed by atoms with Crippen molar-refractivity contribution in [1.29, 1.82) is 0 Å². The molecule has 1 saturated carbocycles. The number of likely N-dealkylation sites (tertiary alicyclic amines) is 1. The van der Waals surface area contributed by atoms with E-state index in [2.05, 4.69) is 34.3 Å². The van der Waals surface area contributed by atoms with Crippen LogP contribution in [0.2, 0.25) is 0 Å². The van der Waals surface area contributed by atoms with Crippen molar-refractivity contribution in [3.05, 3.63) is 0 Å². The van der Waals surface area contributed by atoms with E-state index in [9.17, 15) is 4.79 Å². The van der Waals surface area contributed by atoms with Gasteiger partial charge in [-0.1, -0.05) is 20.3 Å². The number of amides is 1. The molecule has 6 heteroatoms. The third-order valence-corrected chi connectivity index (χ3v) is 5.74. The molecule has 0 aromatic carbocycles. The molecule has 3 aliphatic rings. The predicted octanol–water partition coefficient (Wildman–Crippen LogP) is 1.29. The molecule has 1 amide bonds. The van der Waals surface area contributed by atoms with Gasteiger partial charge in [-0.25, -0.2) is 0 Å². The van der Waals surface area contributed by atoms with E-state index in [1.165, 1.54) is 12.8 Å². The summed E-state index contributed by atoms with van der Waals surface area (Å²) in [5.41, 5.74) is -0.133. The first kappa shape index (κ1) is 16.0. The molecule has 0 aromatic rings. The largest absolute Gasteiger partial charge is 0.360 e. The fourth-order valence-corrected chi connectivity index (χ4v) is 3.76. The van der Waals surface area contributed by atoms with Crippen molar-refractivity contribution in [2.75, 3.05) is 26.2 Å². The Kier molecular flexibility index (Phi) is 4.59. The lowest BCUT2D eigenvalue weighted by molar-refractivity contribution is -0.132. The molecule has 2 N–H and O–H groups in total. The summed E-state index contributed by atoms with van der Waals surface area (Å²) in [6.45, 7) is 7.62. The zero-order valence-corrected chi connectivity index (χ0v) is 14.5. The van der Waals surface area contributed by atoms with Crippen LogP contribution in [0, 0.1) is 5.92 Å². The molecular formula is C16H28N4OS. The summed E-state index contributed by atoms with van der Waals surface area (Å²) in [7, 11) is 0. The molecule has 1 spiro atoms. The van der Waals surface area contributed by atoms with Gasteiger partial charge in [0.05, 0.1) is 12.2 Å². The first-order valence-corrected chi connectivity index (χ1v) is 9.06. The van der Waals surface area contributed by atoms with Crippen LogP contribution in [0.15, 0.2) is 0 Å². The first-order chi connectivity index (χ1) is 10.5. The van der Waals surface area contributed by atoms with E-state index in [4.69, 9.17) is 12.2 Å². The van der Waals surface area contributed by atoms with Gasteiger partial charge in [-0.3, -0.25) is 10.1 Å². The summed E-state index contributed by atoms with van der Waals surface area (Å²) < 4.78 is 0. The highest BCUT2D eigenvalue weighted by Crippen LogP contribution is 2.31. The van der Waals surface area contributed by atoms with E-state index in [1.807, 2.05) is 0 Å². The zero-order valence-electron chi connectivity index (χ0n) is 13.7. The third-order valence-electron chi connectivity index (χ3n) is 5.36. The predicted molar refractivity (Wildman–Crippen MR) is 91.5 cm³/mol. The number of hydrogen-bond donors (Lipinski definition) is 2. The lowest BCUT2D eigenvalue weighted by Crippen LogP contribution is -2.60. The minimum Gasteiger partial charge on any atom is -0.360 e. The molecule has 3 rings (SSSR count). The molecule has 2 heterocycles. The average molecular weight is 324 g/mol. The summed E-state index contributed by atoms with van der Waals surface area (Å²) >= 11 is 5.51. The molecule has 0 unspecified atom stereocenters. The van der Waals surface area contributed by atoms with Crippen molar-refractivity contribution in [3.8, 4) is 0 Å². The number of piperidine rings is 1.